The molecule has 2 unspecified atom stereocenters. The highest BCUT2D eigenvalue weighted by Crippen LogP contribution is 2.34. The minimum atomic E-state index is -0.393. The molecule has 0 bridgehead atoms. The lowest BCUT2D eigenvalue weighted by Crippen LogP contribution is -2.35. The molecular formula is C16H30N4O. The van der Waals surface area contributed by atoms with Gasteiger partial charge in [-0.3, -0.25) is 4.68 Å². The molecule has 5 heteroatoms. The van der Waals surface area contributed by atoms with Crippen LogP contribution >= 0.6 is 0 Å². The van der Waals surface area contributed by atoms with Crippen molar-refractivity contribution in [2.24, 2.45) is 11.3 Å². The summed E-state index contributed by atoms with van der Waals surface area (Å²) in [6.07, 6.45) is 6.74. The lowest BCUT2D eigenvalue weighted by atomic mass is 9.77. The molecule has 1 aliphatic heterocycles. The number of aliphatic hydroxyl groups excluding tert-OH is 1. The number of anilines is 1. The van der Waals surface area contributed by atoms with Crippen LogP contribution in [0, 0.1) is 11.3 Å². The summed E-state index contributed by atoms with van der Waals surface area (Å²) in [5, 5.41) is 14.4. The standard InChI is InChI=1S/C16H30N4O/c1-16(2,3)13-5-4-7-19(8-6-13)11-15(21)12-20-10-14(17)9-18-20/h9-10,13,15,21H,4-8,11-12,17H2,1-3H3. The second-order valence-corrected chi connectivity index (χ2v) is 7.44. The Hall–Kier alpha value is -1.07. The van der Waals surface area contributed by atoms with Crippen LogP contribution < -0.4 is 5.73 Å². The van der Waals surface area contributed by atoms with Crippen molar-refractivity contribution >= 4 is 5.69 Å². The molecule has 0 amide bonds. The van der Waals surface area contributed by atoms with Crippen LogP contribution in [0.2, 0.25) is 0 Å². The van der Waals surface area contributed by atoms with Crippen LogP contribution in [0.25, 0.3) is 0 Å². The highest BCUT2D eigenvalue weighted by atomic mass is 16.3. The Morgan fingerprint density at radius 2 is 2.10 bits per heavy atom. The molecule has 0 spiro atoms. The van der Waals surface area contributed by atoms with Crippen LogP contribution in [0.4, 0.5) is 5.69 Å². The van der Waals surface area contributed by atoms with Gasteiger partial charge >= 0.3 is 0 Å². The van der Waals surface area contributed by atoms with Gasteiger partial charge in [0.1, 0.15) is 0 Å². The zero-order valence-electron chi connectivity index (χ0n) is 13.6. The zero-order chi connectivity index (χ0) is 15.5. The molecule has 1 aromatic rings. The van der Waals surface area contributed by atoms with E-state index in [4.69, 9.17) is 5.73 Å². The molecule has 1 aromatic heterocycles. The summed E-state index contributed by atoms with van der Waals surface area (Å²) in [6, 6.07) is 0. The van der Waals surface area contributed by atoms with E-state index in [1.807, 2.05) is 0 Å². The molecule has 2 atom stereocenters. The highest BCUT2D eigenvalue weighted by molar-refractivity contribution is 5.30. The van der Waals surface area contributed by atoms with Crippen molar-refractivity contribution < 1.29 is 5.11 Å². The van der Waals surface area contributed by atoms with Crippen LogP contribution in [-0.2, 0) is 6.54 Å². The number of nitrogens with two attached hydrogens (primary N) is 1. The van der Waals surface area contributed by atoms with Gasteiger partial charge in [0.05, 0.1) is 24.5 Å². The van der Waals surface area contributed by atoms with E-state index in [0.717, 1.165) is 25.6 Å². The number of nitrogens with zero attached hydrogens (tertiary/aromatic N) is 3. The summed E-state index contributed by atoms with van der Waals surface area (Å²) in [7, 11) is 0. The molecule has 2 rings (SSSR count). The Labute approximate surface area is 128 Å². The van der Waals surface area contributed by atoms with E-state index in [1.165, 1.54) is 19.3 Å². The minimum Gasteiger partial charge on any atom is -0.396 e. The molecule has 0 aromatic carbocycles. The van der Waals surface area contributed by atoms with E-state index in [1.54, 1.807) is 17.1 Å². The van der Waals surface area contributed by atoms with Crippen molar-refractivity contribution in [3.8, 4) is 0 Å². The molecule has 3 N–H and O–H groups in total. The number of β-amino-alcohol motifs (C(OH)–C–C–N with tert-alkyl or cyclic N) is 1. The summed E-state index contributed by atoms with van der Waals surface area (Å²) in [4.78, 5) is 2.39. The third-order valence-electron chi connectivity index (χ3n) is 4.57. The van der Waals surface area contributed by atoms with Gasteiger partial charge in [-0.25, -0.2) is 0 Å². The molecule has 1 fully saturated rings. The van der Waals surface area contributed by atoms with Crippen molar-refractivity contribution in [2.45, 2.75) is 52.7 Å². The number of rotatable bonds is 4. The first-order valence-electron chi connectivity index (χ1n) is 8.03. The van der Waals surface area contributed by atoms with Crippen LogP contribution in [0.5, 0.6) is 0 Å². The number of aliphatic hydroxyl groups is 1. The fraction of sp³-hybridized carbons (Fsp3) is 0.812. The third kappa shape index (κ3) is 5.00. The lowest BCUT2D eigenvalue weighted by Gasteiger charge is -2.30. The zero-order valence-corrected chi connectivity index (χ0v) is 13.6. The first-order chi connectivity index (χ1) is 9.84. The predicted octanol–water partition coefficient (Wildman–Crippen LogP) is 1.97. The number of hydrogen-bond donors (Lipinski definition) is 2. The monoisotopic (exact) mass is 294 g/mol. The lowest BCUT2D eigenvalue weighted by molar-refractivity contribution is 0.0946. The van der Waals surface area contributed by atoms with Crippen LogP contribution in [0.15, 0.2) is 12.4 Å². The van der Waals surface area contributed by atoms with Gasteiger partial charge in [0, 0.05) is 12.7 Å². The second kappa shape index (κ2) is 6.79. The van der Waals surface area contributed by atoms with Gasteiger partial charge in [-0.2, -0.15) is 5.10 Å². The van der Waals surface area contributed by atoms with E-state index in [0.29, 0.717) is 17.6 Å². The molecule has 0 radical (unpaired) electrons. The van der Waals surface area contributed by atoms with Gasteiger partial charge in [-0.15, -0.1) is 0 Å². The number of hydrogen-bond acceptors (Lipinski definition) is 4. The van der Waals surface area contributed by atoms with E-state index >= 15 is 0 Å². The Kier molecular flexibility index (Phi) is 5.27. The number of aromatic nitrogens is 2. The van der Waals surface area contributed by atoms with E-state index in [-0.39, 0.29) is 0 Å². The van der Waals surface area contributed by atoms with E-state index in [2.05, 4.69) is 30.8 Å². The number of likely N-dealkylation sites (tertiary alicyclic amines) is 1. The maximum atomic E-state index is 10.2. The second-order valence-electron chi connectivity index (χ2n) is 7.44. The van der Waals surface area contributed by atoms with Gasteiger partial charge in [-0.1, -0.05) is 20.8 Å². The van der Waals surface area contributed by atoms with Crippen molar-refractivity contribution in [1.82, 2.24) is 14.7 Å². The summed E-state index contributed by atoms with van der Waals surface area (Å²) >= 11 is 0. The fourth-order valence-corrected chi connectivity index (χ4v) is 3.26. The largest absolute Gasteiger partial charge is 0.396 e. The number of nitrogen functional groups attached to an aromatic ring is 1. The van der Waals surface area contributed by atoms with E-state index < -0.39 is 6.10 Å². The van der Waals surface area contributed by atoms with Gasteiger partial charge < -0.3 is 15.7 Å². The molecule has 5 nitrogen and oxygen atoms in total. The summed E-state index contributed by atoms with van der Waals surface area (Å²) in [6.45, 7) is 10.4. The smallest absolute Gasteiger partial charge is 0.0862 e. The van der Waals surface area contributed by atoms with Gasteiger partial charge in [0.2, 0.25) is 0 Å². The van der Waals surface area contributed by atoms with Crippen molar-refractivity contribution in [3.63, 3.8) is 0 Å². The van der Waals surface area contributed by atoms with Gasteiger partial charge in [-0.05, 0) is 43.7 Å². The SMILES string of the molecule is CC(C)(C)C1CCCN(CC(O)Cn2cc(N)cn2)CC1. The highest BCUT2D eigenvalue weighted by Gasteiger charge is 2.27. The van der Waals surface area contributed by atoms with Crippen LogP contribution in [0.3, 0.4) is 0 Å². The topological polar surface area (TPSA) is 67.3 Å². The molecule has 1 aliphatic rings. The van der Waals surface area contributed by atoms with Crippen LogP contribution in [0.1, 0.15) is 40.0 Å². The molecule has 120 valence electrons. The fourth-order valence-electron chi connectivity index (χ4n) is 3.26. The first-order valence-corrected chi connectivity index (χ1v) is 8.03. The molecule has 21 heavy (non-hydrogen) atoms. The van der Waals surface area contributed by atoms with Crippen molar-refractivity contribution in [1.29, 1.82) is 0 Å². The molecule has 1 saturated heterocycles. The Balaban J connectivity index is 1.80. The molecule has 0 saturated carbocycles. The molecular weight excluding hydrogens is 264 g/mol. The summed E-state index contributed by atoms with van der Waals surface area (Å²) < 4.78 is 1.72. The average Bonchev–Trinajstić information content (AvgIpc) is 2.62. The van der Waals surface area contributed by atoms with E-state index in [9.17, 15) is 5.11 Å². The quantitative estimate of drug-likeness (QED) is 0.891. The van der Waals surface area contributed by atoms with Gasteiger partial charge in [0.15, 0.2) is 0 Å². The maximum Gasteiger partial charge on any atom is 0.0862 e. The Morgan fingerprint density at radius 1 is 1.33 bits per heavy atom. The predicted molar refractivity (Wildman–Crippen MR) is 85.9 cm³/mol. The Morgan fingerprint density at radius 3 is 2.71 bits per heavy atom. The van der Waals surface area contributed by atoms with Crippen molar-refractivity contribution in [2.75, 3.05) is 25.4 Å². The van der Waals surface area contributed by atoms with Gasteiger partial charge in [0.25, 0.3) is 0 Å². The molecule has 0 aliphatic carbocycles. The van der Waals surface area contributed by atoms with Crippen molar-refractivity contribution in [3.05, 3.63) is 12.4 Å². The maximum absolute atomic E-state index is 10.2. The summed E-state index contributed by atoms with van der Waals surface area (Å²) in [5.41, 5.74) is 6.67. The average molecular weight is 294 g/mol. The summed E-state index contributed by atoms with van der Waals surface area (Å²) in [5.74, 6) is 0.783. The normalized spacial score (nSPS) is 23.0. The first kappa shape index (κ1) is 16.3. The molecule has 2 heterocycles. The Bertz CT molecular complexity index is 438. The minimum absolute atomic E-state index is 0.390. The van der Waals surface area contributed by atoms with Crippen LogP contribution in [-0.4, -0.2) is 45.5 Å². The third-order valence-corrected chi connectivity index (χ3v) is 4.57.